The van der Waals surface area contributed by atoms with Crippen LogP contribution in [0.15, 0.2) is 12.4 Å². The predicted molar refractivity (Wildman–Crippen MR) is 70.8 cm³/mol. The lowest BCUT2D eigenvalue weighted by atomic mass is 10.1. The molecular formula is C11H20N6O. The van der Waals surface area contributed by atoms with Crippen LogP contribution in [0.4, 0.5) is 11.6 Å². The zero-order valence-corrected chi connectivity index (χ0v) is 10.9. The Balaban J connectivity index is 2.35. The van der Waals surface area contributed by atoms with Crippen molar-refractivity contribution in [1.29, 1.82) is 0 Å². The fourth-order valence-electron chi connectivity index (χ4n) is 1.32. The molecule has 1 heterocycles. The van der Waals surface area contributed by atoms with Crippen molar-refractivity contribution >= 4 is 17.5 Å². The first kappa shape index (κ1) is 14.2. The van der Waals surface area contributed by atoms with E-state index < -0.39 is 0 Å². The second-order valence-corrected chi connectivity index (χ2v) is 4.91. The predicted octanol–water partition coefficient (Wildman–Crippen LogP) is 0.479. The van der Waals surface area contributed by atoms with Gasteiger partial charge in [-0.25, -0.2) is 15.8 Å². The van der Waals surface area contributed by atoms with Crippen LogP contribution in [-0.4, -0.2) is 28.0 Å². The van der Waals surface area contributed by atoms with E-state index in [2.05, 4.69) is 26.0 Å². The summed E-state index contributed by atoms with van der Waals surface area (Å²) in [5.41, 5.74) is 2.22. The smallest absolute Gasteiger partial charge is 0.222 e. The highest BCUT2D eigenvalue weighted by atomic mass is 16.1. The van der Waals surface area contributed by atoms with Crippen LogP contribution in [0, 0.1) is 0 Å². The maximum Gasteiger partial charge on any atom is 0.222 e. The number of hydrogen-bond acceptors (Lipinski definition) is 6. The quantitative estimate of drug-likeness (QED) is 0.449. The topological polar surface area (TPSA) is 105 Å². The van der Waals surface area contributed by atoms with Crippen molar-refractivity contribution in [2.24, 2.45) is 5.84 Å². The van der Waals surface area contributed by atoms with Gasteiger partial charge in [-0.15, -0.1) is 0 Å². The van der Waals surface area contributed by atoms with E-state index in [1.165, 1.54) is 6.33 Å². The van der Waals surface area contributed by atoms with E-state index in [4.69, 9.17) is 5.84 Å². The maximum absolute atomic E-state index is 11.6. The summed E-state index contributed by atoms with van der Waals surface area (Å²) in [5.74, 6) is 6.38. The molecule has 0 aliphatic heterocycles. The van der Waals surface area contributed by atoms with Crippen molar-refractivity contribution in [3.05, 3.63) is 12.4 Å². The van der Waals surface area contributed by atoms with E-state index in [1.807, 2.05) is 20.8 Å². The first-order chi connectivity index (χ1) is 8.40. The molecule has 100 valence electrons. The first-order valence-corrected chi connectivity index (χ1v) is 5.74. The average molecular weight is 252 g/mol. The summed E-state index contributed by atoms with van der Waals surface area (Å²) < 4.78 is 0. The average Bonchev–Trinajstić information content (AvgIpc) is 2.27. The second kappa shape index (κ2) is 6.15. The molecule has 1 aromatic rings. The molecule has 0 radical (unpaired) electrons. The summed E-state index contributed by atoms with van der Waals surface area (Å²) >= 11 is 0. The summed E-state index contributed by atoms with van der Waals surface area (Å²) in [6.07, 6.45) is 1.78. The van der Waals surface area contributed by atoms with E-state index >= 15 is 0 Å². The highest BCUT2D eigenvalue weighted by Gasteiger charge is 2.12. The number of aromatic nitrogens is 2. The van der Waals surface area contributed by atoms with E-state index in [0.717, 1.165) is 0 Å². The zero-order chi connectivity index (χ0) is 13.6. The van der Waals surface area contributed by atoms with Gasteiger partial charge in [0.2, 0.25) is 5.91 Å². The minimum absolute atomic E-state index is 0.00114. The molecule has 0 unspecified atom stereocenters. The molecule has 1 amide bonds. The molecule has 18 heavy (non-hydrogen) atoms. The van der Waals surface area contributed by atoms with Crippen LogP contribution in [-0.2, 0) is 4.79 Å². The zero-order valence-electron chi connectivity index (χ0n) is 10.9. The minimum Gasteiger partial charge on any atom is -0.369 e. The Kier molecular flexibility index (Phi) is 4.85. The molecule has 0 aliphatic carbocycles. The van der Waals surface area contributed by atoms with Crippen molar-refractivity contribution in [3.63, 3.8) is 0 Å². The van der Waals surface area contributed by atoms with E-state index in [9.17, 15) is 4.79 Å². The molecule has 0 fully saturated rings. The largest absolute Gasteiger partial charge is 0.369 e. The number of hydrazine groups is 1. The van der Waals surface area contributed by atoms with Gasteiger partial charge < -0.3 is 16.1 Å². The van der Waals surface area contributed by atoms with Gasteiger partial charge in [0.1, 0.15) is 18.0 Å². The fraction of sp³-hybridized carbons (Fsp3) is 0.545. The van der Waals surface area contributed by atoms with Crippen LogP contribution >= 0.6 is 0 Å². The fourth-order valence-corrected chi connectivity index (χ4v) is 1.32. The van der Waals surface area contributed by atoms with Gasteiger partial charge in [-0.2, -0.15) is 0 Å². The van der Waals surface area contributed by atoms with Gasteiger partial charge in [-0.3, -0.25) is 4.79 Å². The normalized spacial score (nSPS) is 10.9. The summed E-state index contributed by atoms with van der Waals surface area (Å²) in [6, 6.07) is 1.67. The molecule has 0 bridgehead atoms. The molecular weight excluding hydrogens is 232 g/mol. The van der Waals surface area contributed by atoms with Crippen LogP contribution in [0.1, 0.15) is 27.2 Å². The van der Waals surface area contributed by atoms with Crippen LogP contribution in [0.3, 0.4) is 0 Å². The second-order valence-electron chi connectivity index (χ2n) is 4.91. The summed E-state index contributed by atoms with van der Waals surface area (Å²) in [6.45, 7) is 6.34. The van der Waals surface area contributed by atoms with E-state index in [-0.39, 0.29) is 11.4 Å². The molecule has 0 atom stereocenters. The number of nitrogens with one attached hydrogen (secondary N) is 3. The molecule has 7 nitrogen and oxygen atoms in total. The van der Waals surface area contributed by atoms with Crippen LogP contribution in [0.2, 0.25) is 0 Å². The number of nitrogen functional groups attached to an aromatic ring is 1. The Morgan fingerprint density at radius 1 is 1.33 bits per heavy atom. The van der Waals surface area contributed by atoms with Crippen molar-refractivity contribution in [1.82, 2.24) is 15.3 Å². The SMILES string of the molecule is CC(C)(C)NC(=O)CCNc1cc(NN)ncn1. The van der Waals surface area contributed by atoms with Gasteiger partial charge >= 0.3 is 0 Å². The first-order valence-electron chi connectivity index (χ1n) is 5.74. The lowest BCUT2D eigenvalue weighted by Gasteiger charge is -2.20. The van der Waals surface area contributed by atoms with Gasteiger partial charge in [0.25, 0.3) is 0 Å². The Morgan fingerprint density at radius 3 is 2.61 bits per heavy atom. The summed E-state index contributed by atoms with van der Waals surface area (Å²) in [7, 11) is 0. The molecule has 0 aromatic carbocycles. The van der Waals surface area contributed by atoms with Crippen LogP contribution < -0.4 is 21.9 Å². The molecule has 1 aromatic heterocycles. The molecule has 0 saturated heterocycles. The number of nitrogens with zero attached hydrogens (tertiary/aromatic N) is 2. The van der Waals surface area contributed by atoms with Gasteiger partial charge in [0.15, 0.2) is 0 Å². The van der Waals surface area contributed by atoms with Crippen molar-refractivity contribution in [2.45, 2.75) is 32.7 Å². The standard InChI is InChI=1S/C11H20N6O/c1-11(2,3)16-10(18)4-5-13-8-6-9(17-12)15-7-14-8/h6-7H,4-5,12H2,1-3H3,(H,16,18)(H2,13,14,15,17). The van der Waals surface area contributed by atoms with Gasteiger partial charge in [-0.05, 0) is 20.8 Å². The molecule has 7 heteroatoms. The third-order valence-electron chi connectivity index (χ3n) is 1.99. The monoisotopic (exact) mass is 252 g/mol. The Labute approximate surface area is 107 Å². The lowest BCUT2D eigenvalue weighted by molar-refractivity contribution is -0.122. The van der Waals surface area contributed by atoms with Gasteiger partial charge in [0.05, 0.1) is 0 Å². The summed E-state index contributed by atoms with van der Waals surface area (Å²) in [5, 5.41) is 5.91. The Hall–Kier alpha value is -1.89. The van der Waals surface area contributed by atoms with E-state index in [0.29, 0.717) is 24.6 Å². The van der Waals surface area contributed by atoms with E-state index in [1.54, 1.807) is 6.07 Å². The van der Waals surface area contributed by atoms with Crippen molar-refractivity contribution in [3.8, 4) is 0 Å². The van der Waals surface area contributed by atoms with Gasteiger partial charge in [-0.1, -0.05) is 0 Å². The lowest BCUT2D eigenvalue weighted by Crippen LogP contribution is -2.41. The van der Waals surface area contributed by atoms with Crippen molar-refractivity contribution in [2.75, 3.05) is 17.3 Å². The minimum atomic E-state index is -0.206. The van der Waals surface area contributed by atoms with Crippen LogP contribution in [0.5, 0.6) is 0 Å². The highest BCUT2D eigenvalue weighted by Crippen LogP contribution is 2.07. The number of rotatable bonds is 5. The Bertz CT molecular complexity index is 401. The Morgan fingerprint density at radius 2 is 2.00 bits per heavy atom. The number of hydrogen-bond donors (Lipinski definition) is 4. The molecule has 0 aliphatic rings. The number of anilines is 2. The number of amides is 1. The maximum atomic E-state index is 11.6. The third kappa shape index (κ3) is 5.44. The number of carbonyl (C=O) groups excluding carboxylic acids is 1. The molecule has 0 saturated carbocycles. The van der Waals surface area contributed by atoms with Crippen molar-refractivity contribution < 1.29 is 4.79 Å². The van der Waals surface area contributed by atoms with Crippen LogP contribution in [0.25, 0.3) is 0 Å². The third-order valence-corrected chi connectivity index (χ3v) is 1.99. The molecule has 0 spiro atoms. The number of carbonyl (C=O) groups is 1. The highest BCUT2D eigenvalue weighted by molar-refractivity contribution is 5.77. The number of nitrogens with two attached hydrogens (primary N) is 1. The molecule has 5 N–H and O–H groups in total. The summed E-state index contributed by atoms with van der Waals surface area (Å²) in [4.78, 5) is 19.4. The molecule has 1 rings (SSSR count). The van der Waals surface area contributed by atoms with Gasteiger partial charge in [0, 0.05) is 24.6 Å².